The van der Waals surface area contributed by atoms with Gasteiger partial charge in [-0.2, -0.15) is 0 Å². The van der Waals surface area contributed by atoms with Crippen molar-refractivity contribution in [1.82, 2.24) is 9.55 Å². The zero-order valence-electron chi connectivity index (χ0n) is 7.77. The number of nitrogens with zero attached hydrogens (tertiary/aromatic N) is 1. The number of nitrogens with one attached hydrogen (secondary N) is 1. The largest absolute Gasteiger partial charge is 0.467 e. The van der Waals surface area contributed by atoms with Crippen molar-refractivity contribution in [2.24, 2.45) is 0 Å². The first-order valence-corrected chi connectivity index (χ1v) is 4.28. The molecule has 0 aromatic carbocycles. The molecule has 3 N–H and O–H groups in total. The van der Waals surface area contributed by atoms with Crippen LogP contribution >= 0.6 is 0 Å². The topological polar surface area (TPSA) is 94.0 Å². The maximum atomic E-state index is 11.3. The Hall–Kier alpha value is -2.24. The van der Waals surface area contributed by atoms with Gasteiger partial charge in [0.05, 0.1) is 12.8 Å². The molecule has 0 unspecified atom stereocenters. The third kappa shape index (κ3) is 1.83. The van der Waals surface area contributed by atoms with E-state index in [1.165, 1.54) is 17.0 Å². The SMILES string of the molecule is Nc1cn(Cc2ccco2)c(=O)[nH]c1=O. The molecule has 0 saturated carbocycles. The number of furan rings is 1. The molecule has 78 valence electrons. The van der Waals surface area contributed by atoms with E-state index in [4.69, 9.17) is 10.2 Å². The Morgan fingerprint density at radius 3 is 2.93 bits per heavy atom. The van der Waals surface area contributed by atoms with Crippen molar-refractivity contribution in [3.8, 4) is 0 Å². The van der Waals surface area contributed by atoms with Crippen LogP contribution in [-0.2, 0) is 6.54 Å². The zero-order valence-corrected chi connectivity index (χ0v) is 7.77. The van der Waals surface area contributed by atoms with Crippen LogP contribution in [0.15, 0.2) is 38.6 Å². The van der Waals surface area contributed by atoms with Crippen LogP contribution < -0.4 is 17.0 Å². The summed E-state index contributed by atoms with van der Waals surface area (Å²) in [6.07, 6.45) is 2.80. The summed E-state index contributed by atoms with van der Waals surface area (Å²) in [6, 6.07) is 3.45. The van der Waals surface area contributed by atoms with Crippen LogP contribution in [0.2, 0.25) is 0 Å². The average Bonchev–Trinajstić information content (AvgIpc) is 2.67. The Morgan fingerprint density at radius 1 is 1.47 bits per heavy atom. The van der Waals surface area contributed by atoms with Crippen molar-refractivity contribution in [1.29, 1.82) is 0 Å². The van der Waals surface area contributed by atoms with E-state index in [1.807, 2.05) is 0 Å². The maximum absolute atomic E-state index is 11.3. The summed E-state index contributed by atoms with van der Waals surface area (Å²) in [4.78, 5) is 24.4. The van der Waals surface area contributed by atoms with E-state index in [1.54, 1.807) is 12.1 Å². The average molecular weight is 207 g/mol. The third-order valence-electron chi connectivity index (χ3n) is 1.94. The van der Waals surface area contributed by atoms with Crippen molar-refractivity contribution in [2.45, 2.75) is 6.54 Å². The standard InChI is InChI=1S/C9H9N3O3/c10-7-5-12(9(14)11-8(7)13)4-6-2-1-3-15-6/h1-3,5H,4,10H2,(H,11,13,14). The normalized spacial score (nSPS) is 10.4. The molecule has 2 aromatic rings. The van der Waals surface area contributed by atoms with Crippen molar-refractivity contribution < 1.29 is 4.42 Å². The van der Waals surface area contributed by atoms with E-state index in [0.29, 0.717) is 5.76 Å². The first-order valence-electron chi connectivity index (χ1n) is 4.28. The summed E-state index contributed by atoms with van der Waals surface area (Å²) < 4.78 is 6.34. The fourth-order valence-corrected chi connectivity index (χ4v) is 1.21. The van der Waals surface area contributed by atoms with Crippen molar-refractivity contribution >= 4 is 5.69 Å². The van der Waals surface area contributed by atoms with Gasteiger partial charge in [0.25, 0.3) is 5.56 Å². The number of aromatic nitrogens is 2. The number of H-pyrrole nitrogens is 1. The van der Waals surface area contributed by atoms with Gasteiger partial charge in [-0.3, -0.25) is 14.3 Å². The predicted molar refractivity (Wildman–Crippen MR) is 53.5 cm³/mol. The summed E-state index contributed by atoms with van der Waals surface area (Å²) in [5.41, 5.74) is 4.30. The molecule has 0 aliphatic rings. The quantitative estimate of drug-likeness (QED) is 0.710. The highest BCUT2D eigenvalue weighted by Gasteiger charge is 2.03. The molecular formula is C9H9N3O3. The predicted octanol–water partition coefficient (Wildman–Crippen LogP) is -0.240. The second kappa shape index (κ2) is 3.49. The van der Waals surface area contributed by atoms with Gasteiger partial charge < -0.3 is 10.2 Å². The molecule has 2 rings (SSSR count). The molecule has 0 fully saturated rings. The Kier molecular flexibility index (Phi) is 2.17. The molecule has 6 heteroatoms. The van der Waals surface area contributed by atoms with Gasteiger partial charge in [0.1, 0.15) is 11.4 Å². The van der Waals surface area contributed by atoms with Gasteiger partial charge >= 0.3 is 5.69 Å². The minimum atomic E-state index is -0.573. The van der Waals surface area contributed by atoms with Crippen LogP contribution in [0.4, 0.5) is 5.69 Å². The van der Waals surface area contributed by atoms with Gasteiger partial charge in [0.2, 0.25) is 0 Å². The molecule has 0 atom stereocenters. The van der Waals surface area contributed by atoms with E-state index in [-0.39, 0.29) is 12.2 Å². The van der Waals surface area contributed by atoms with Gasteiger partial charge in [0.15, 0.2) is 0 Å². The van der Waals surface area contributed by atoms with Crippen LogP contribution in [0, 0.1) is 0 Å². The lowest BCUT2D eigenvalue weighted by Gasteiger charge is -2.02. The molecular weight excluding hydrogens is 198 g/mol. The number of anilines is 1. The molecule has 0 aliphatic heterocycles. The van der Waals surface area contributed by atoms with Crippen LogP contribution in [0.3, 0.4) is 0 Å². The number of nitrogens with two attached hydrogens (primary N) is 1. The second-order valence-electron chi connectivity index (χ2n) is 3.05. The molecule has 0 bridgehead atoms. The lowest BCUT2D eigenvalue weighted by Crippen LogP contribution is -2.31. The highest BCUT2D eigenvalue weighted by atomic mass is 16.3. The molecule has 2 aromatic heterocycles. The Balaban J connectivity index is 2.42. The second-order valence-corrected chi connectivity index (χ2v) is 3.05. The maximum Gasteiger partial charge on any atom is 0.328 e. The first kappa shape index (κ1) is 9.32. The minimum absolute atomic E-state index is 0.00107. The number of aromatic amines is 1. The molecule has 0 saturated heterocycles. The molecule has 0 aliphatic carbocycles. The fraction of sp³-hybridized carbons (Fsp3) is 0.111. The summed E-state index contributed by atoms with van der Waals surface area (Å²) in [5.74, 6) is 0.614. The Morgan fingerprint density at radius 2 is 2.27 bits per heavy atom. The number of hydrogen-bond donors (Lipinski definition) is 2. The lowest BCUT2D eigenvalue weighted by atomic mass is 10.4. The lowest BCUT2D eigenvalue weighted by molar-refractivity contribution is 0.487. The molecule has 0 radical (unpaired) electrons. The molecule has 6 nitrogen and oxygen atoms in total. The third-order valence-corrected chi connectivity index (χ3v) is 1.94. The molecule has 0 amide bonds. The number of rotatable bonds is 2. The summed E-state index contributed by atoms with van der Waals surface area (Å²) >= 11 is 0. The molecule has 2 heterocycles. The minimum Gasteiger partial charge on any atom is -0.467 e. The van der Waals surface area contributed by atoms with E-state index in [9.17, 15) is 9.59 Å². The highest BCUT2D eigenvalue weighted by molar-refractivity contribution is 5.30. The number of nitrogen functional groups attached to an aromatic ring is 1. The molecule has 0 spiro atoms. The molecule has 15 heavy (non-hydrogen) atoms. The highest BCUT2D eigenvalue weighted by Crippen LogP contribution is 2.01. The van der Waals surface area contributed by atoms with Gasteiger partial charge in [-0.15, -0.1) is 0 Å². The van der Waals surface area contributed by atoms with E-state index >= 15 is 0 Å². The van der Waals surface area contributed by atoms with Crippen molar-refractivity contribution in [2.75, 3.05) is 5.73 Å². The summed E-state index contributed by atoms with van der Waals surface area (Å²) in [5, 5.41) is 0. The van der Waals surface area contributed by atoms with E-state index in [0.717, 1.165) is 0 Å². The smallest absolute Gasteiger partial charge is 0.328 e. The summed E-state index contributed by atoms with van der Waals surface area (Å²) in [7, 11) is 0. The van der Waals surface area contributed by atoms with E-state index in [2.05, 4.69) is 4.98 Å². The van der Waals surface area contributed by atoms with Crippen LogP contribution in [0.1, 0.15) is 5.76 Å². The van der Waals surface area contributed by atoms with Gasteiger partial charge in [0, 0.05) is 6.20 Å². The summed E-state index contributed by atoms with van der Waals surface area (Å²) in [6.45, 7) is 0.243. The van der Waals surface area contributed by atoms with E-state index < -0.39 is 11.2 Å². The van der Waals surface area contributed by atoms with Crippen LogP contribution in [-0.4, -0.2) is 9.55 Å². The Labute approximate surface area is 84.0 Å². The van der Waals surface area contributed by atoms with Crippen LogP contribution in [0.5, 0.6) is 0 Å². The first-order chi connectivity index (χ1) is 7.16. The number of hydrogen-bond acceptors (Lipinski definition) is 4. The van der Waals surface area contributed by atoms with Gasteiger partial charge in [-0.25, -0.2) is 4.79 Å². The van der Waals surface area contributed by atoms with Gasteiger partial charge in [-0.1, -0.05) is 0 Å². The monoisotopic (exact) mass is 207 g/mol. The fourth-order valence-electron chi connectivity index (χ4n) is 1.21. The van der Waals surface area contributed by atoms with Crippen molar-refractivity contribution in [3.05, 3.63) is 51.2 Å². The van der Waals surface area contributed by atoms with Crippen molar-refractivity contribution in [3.63, 3.8) is 0 Å². The zero-order chi connectivity index (χ0) is 10.8. The van der Waals surface area contributed by atoms with Gasteiger partial charge in [-0.05, 0) is 12.1 Å². The van der Waals surface area contributed by atoms with Crippen LogP contribution in [0.25, 0.3) is 0 Å². The Bertz CT molecular complexity index is 565.